The van der Waals surface area contributed by atoms with Crippen molar-refractivity contribution in [1.29, 1.82) is 0 Å². The van der Waals surface area contributed by atoms with Crippen molar-refractivity contribution in [3.63, 3.8) is 0 Å². The van der Waals surface area contributed by atoms with Gasteiger partial charge in [-0.1, -0.05) is 12.2 Å². The lowest BCUT2D eigenvalue weighted by Gasteiger charge is -2.03. The Morgan fingerprint density at radius 3 is 2.79 bits per heavy atom. The molecule has 2 rings (SSSR count). The smallest absolute Gasteiger partial charge is 0.232 e. The van der Waals surface area contributed by atoms with E-state index in [1.807, 2.05) is 0 Å². The third-order valence-corrected chi connectivity index (χ3v) is 2.25. The third-order valence-electron chi connectivity index (χ3n) is 2.04. The van der Waals surface area contributed by atoms with Gasteiger partial charge in [-0.3, -0.25) is 0 Å². The first-order valence-electron chi connectivity index (χ1n) is 4.50. The van der Waals surface area contributed by atoms with Gasteiger partial charge in [0.2, 0.25) is 5.88 Å². The van der Waals surface area contributed by atoms with Crippen molar-refractivity contribution in [2.45, 2.75) is 12.8 Å². The van der Waals surface area contributed by atoms with Crippen LogP contribution in [0.1, 0.15) is 18.5 Å². The molecule has 0 aliphatic heterocycles. The van der Waals surface area contributed by atoms with Gasteiger partial charge in [0.1, 0.15) is 10.7 Å². The maximum atomic E-state index is 5.41. The second-order valence-electron chi connectivity index (χ2n) is 3.36. The second kappa shape index (κ2) is 3.88. The van der Waals surface area contributed by atoms with E-state index in [0.29, 0.717) is 17.5 Å². The topological polar surface area (TPSA) is 61.0 Å². The summed E-state index contributed by atoms with van der Waals surface area (Å²) in [7, 11) is 0. The first kappa shape index (κ1) is 9.33. The zero-order chi connectivity index (χ0) is 9.97. The van der Waals surface area contributed by atoms with Crippen LogP contribution in [0.5, 0.6) is 5.88 Å². The standard InChI is InChI=1S/C9H11N3OS/c10-9(14)7-3-12-8(4-11-7)13-5-6-1-2-6/h3-4,6H,1-2,5H2,(H2,10,14). The largest absolute Gasteiger partial charge is 0.476 e. The Morgan fingerprint density at radius 1 is 1.50 bits per heavy atom. The SMILES string of the molecule is NC(=S)c1cnc(OCC2CC2)cn1. The number of nitrogens with two attached hydrogens (primary N) is 1. The molecule has 0 radical (unpaired) electrons. The maximum Gasteiger partial charge on any atom is 0.232 e. The minimum absolute atomic E-state index is 0.256. The van der Waals surface area contributed by atoms with Crippen molar-refractivity contribution in [2.75, 3.05) is 6.61 Å². The number of nitrogens with zero attached hydrogens (tertiary/aromatic N) is 2. The fourth-order valence-corrected chi connectivity index (χ4v) is 1.11. The highest BCUT2D eigenvalue weighted by Crippen LogP contribution is 2.28. The summed E-state index contributed by atoms with van der Waals surface area (Å²) in [6.45, 7) is 0.737. The third kappa shape index (κ3) is 2.38. The molecule has 0 amide bonds. The molecule has 0 aromatic carbocycles. The summed E-state index contributed by atoms with van der Waals surface area (Å²) >= 11 is 4.76. The lowest BCUT2D eigenvalue weighted by Crippen LogP contribution is -2.12. The number of hydrogen-bond donors (Lipinski definition) is 1. The van der Waals surface area contributed by atoms with Crippen LogP contribution >= 0.6 is 12.2 Å². The van der Waals surface area contributed by atoms with E-state index in [1.54, 1.807) is 6.20 Å². The number of hydrogen-bond acceptors (Lipinski definition) is 4. The second-order valence-corrected chi connectivity index (χ2v) is 3.80. The predicted molar refractivity (Wildman–Crippen MR) is 56.1 cm³/mol. The summed E-state index contributed by atoms with van der Waals surface area (Å²) in [5.74, 6) is 1.25. The maximum absolute atomic E-state index is 5.41. The average Bonchev–Trinajstić information content (AvgIpc) is 2.99. The van der Waals surface area contributed by atoms with E-state index in [0.717, 1.165) is 6.61 Å². The molecule has 4 nitrogen and oxygen atoms in total. The van der Waals surface area contributed by atoms with E-state index < -0.39 is 0 Å². The number of thiocarbonyl (C=S) groups is 1. The Kier molecular flexibility index (Phi) is 2.58. The van der Waals surface area contributed by atoms with Gasteiger partial charge in [0.05, 0.1) is 19.0 Å². The Bertz CT molecular complexity index is 334. The lowest BCUT2D eigenvalue weighted by atomic mass is 10.4. The fraction of sp³-hybridized carbons (Fsp3) is 0.444. The summed E-state index contributed by atoms with van der Waals surface area (Å²) in [6.07, 6.45) is 5.61. The molecule has 14 heavy (non-hydrogen) atoms. The molecule has 1 aromatic heterocycles. The van der Waals surface area contributed by atoms with E-state index in [1.165, 1.54) is 19.0 Å². The van der Waals surface area contributed by atoms with Crippen LogP contribution in [0.2, 0.25) is 0 Å². The zero-order valence-corrected chi connectivity index (χ0v) is 8.46. The molecule has 0 atom stereocenters. The molecule has 1 aromatic rings. The van der Waals surface area contributed by atoms with Gasteiger partial charge in [0.15, 0.2) is 0 Å². The van der Waals surface area contributed by atoms with Crippen LogP contribution in [0.15, 0.2) is 12.4 Å². The van der Waals surface area contributed by atoms with E-state index in [9.17, 15) is 0 Å². The summed E-state index contributed by atoms with van der Waals surface area (Å²) in [6, 6.07) is 0. The van der Waals surface area contributed by atoms with Crippen LogP contribution in [-0.4, -0.2) is 21.6 Å². The molecule has 1 aliphatic rings. The number of aromatic nitrogens is 2. The fourth-order valence-electron chi connectivity index (χ4n) is 1.01. The molecule has 1 fully saturated rings. The minimum Gasteiger partial charge on any atom is -0.476 e. The van der Waals surface area contributed by atoms with Crippen molar-refractivity contribution in [2.24, 2.45) is 11.7 Å². The Labute approximate surface area is 87.5 Å². The van der Waals surface area contributed by atoms with Crippen LogP contribution in [0, 0.1) is 5.92 Å². The minimum atomic E-state index is 0.256. The highest BCUT2D eigenvalue weighted by atomic mass is 32.1. The average molecular weight is 209 g/mol. The number of ether oxygens (including phenoxy) is 1. The summed E-state index contributed by atoms with van der Waals surface area (Å²) in [5.41, 5.74) is 5.91. The van der Waals surface area contributed by atoms with Crippen LogP contribution in [0.3, 0.4) is 0 Å². The first-order chi connectivity index (χ1) is 6.75. The molecular formula is C9H11N3OS. The van der Waals surface area contributed by atoms with Gasteiger partial charge < -0.3 is 10.5 Å². The molecule has 5 heteroatoms. The summed E-state index contributed by atoms with van der Waals surface area (Å²) < 4.78 is 5.41. The van der Waals surface area contributed by atoms with Crippen LogP contribution in [-0.2, 0) is 0 Å². The van der Waals surface area contributed by atoms with E-state index in [4.69, 9.17) is 22.7 Å². The van der Waals surface area contributed by atoms with Crippen molar-refractivity contribution >= 4 is 17.2 Å². The lowest BCUT2D eigenvalue weighted by molar-refractivity contribution is 0.287. The molecule has 0 unspecified atom stereocenters. The van der Waals surface area contributed by atoms with Crippen molar-refractivity contribution < 1.29 is 4.74 Å². The number of rotatable bonds is 4. The van der Waals surface area contributed by atoms with E-state index >= 15 is 0 Å². The van der Waals surface area contributed by atoms with E-state index in [-0.39, 0.29) is 4.99 Å². The Hall–Kier alpha value is -1.23. The van der Waals surface area contributed by atoms with Crippen LogP contribution in [0.4, 0.5) is 0 Å². The van der Waals surface area contributed by atoms with Gasteiger partial charge in [-0.05, 0) is 18.8 Å². The highest BCUT2D eigenvalue weighted by Gasteiger charge is 2.22. The van der Waals surface area contributed by atoms with Crippen LogP contribution in [0.25, 0.3) is 0 Å². The molecule has 2 N–H and O–H groups in total. The molecule has 1 saturated carbocycles. The zero-order valence-electron chi connectivity index (χ0n) is 7.64. The molecule has 1 aliphatic carbocycles. The molecule has 0 bridgehead atoms. The van der Waals surface area contributed by atoms with Gasteiger partial charge in [0.25, 0.3) is 0 Å². The van der Waals surface area contributed by atoms with Gasteiger partial charge in [-0.2, -0.15) is 0 Å². The molecule has 74 valence electrons. The molecular weight excluding hydrogens is 198 g/mol. The summed E-state index contributed by atoms with van der Waals surface area (Å²) in [4.78, 5) is 8.33. The van der Waals surface area contributed by atoms with Crippen molar-refractivity contribution in [3.8, 4) is 5.88 Å². The van der Waals surface area contributed by atoms with Crippen molar-refractivity contribution in [1.82, 2.24) is 9.97 Å². The van der Waals surface area contributed by atoms with E-state index in [2.05, 4.69) is 9.97 Å². The first-order valence-corrected chi connectivity index (χ1v) is 4.91. The van der Waals surface area contributed by atoms with Gasteiger partial charge in [-0.15, -0.1) is 0 Å². The van der Waals surface area contributed by atoms with Crippen molar-refractivity contribution in [3.05, 3.63) is 18.1 Å². The van der Waals surface area contributed by atoms with Crippen LogP contribution < -0.4 is 10.5 Å². The Morgan fingerprint density at radius 2 is 2.29 bits per heavy atom. The van der Waals surface area contributed by atoms with Gasteiger partial charge >= 0.3 is 0 Å². The highest BCUT2D eigenvalue weighted by molar-refractivity contribution is 7.80. The van der Waals surface area contributed by atoms with Gasteiger partial charge in [0, 0.05) is 0 Å². The quantitative estimate of drug-likeness (QED) is 0.746. The summed E-state index contributed by atoms with van der Waals surface area (Å²) in [5, 5.41) is 0. The monoisotopic (exact) mass is 209 g/mol. The molecule has 1 heterocycles. The predicted octanol–water partition coefficient (Wildman–Crippen LogP) is 0.900. The van der Waals surface area contributed by atoms with Gasteiger partial charge in [-0.25, -0.2) is 9.97 Å². The Balaban J connectivity index is 1.94. The normalized spacial score (nSPS) is 15.1. The molecule has 0 saturated heterocycles. The molecule has 0 spiro atoms.